The Morgan fingerprint density at radius 3 is 2.85 bits per heavy atom. The summed E-state index contributed by atoms with van der Waals surface area (Å²) in [6.07, 6.45) is 4.26. The van der Waals surface area contributed by atoms with Crippen LogP contribution in [0.25, 0.3) is 0 Å². The Labute approximate surface area is 119 Å². The normalized spacial score (nSPS) is 25.9. The SMILES string of the molecule is O=C(OCc1ccccc1)N1CCC[C@H]1[C@H]1CCCO1. The standard InChI is InChI=1S/C16H21NO3/c18-16(20-12-13-6-2-1-3-7-13)17-10-4-8-14(17)15-9-5-11-19-15/h1-3,6-7,14-15H,4-5,8-12H2/t14-,15+/m0/s1. The van der Waals surface area contributed by atoms with E-state index in [0.29, 0.717) is 6.61 Å². The Bertz CT molecular complexity index is 442. The van der Waals surface area contributed by atoms with Gasteiger partial charge in [-0.15, -0.1) is 0 Å². The molecule has 0 radical (unpaired) electrons. The van der Waals surface area contributed by atoms with Crippen molar-refractivity contribution in [1.29, 1.82) is 0 Å². The molecule has 1 aromatic rings. The molecule has 2 heterocycles. The fourth-order valence-corrected chi connectivity index (χ4v) is 3.11. The Hall–Kier alpha value is -1.55. The molecule has 20 heavy (non-hydrogen) atoms. The third-order valence-corrected chi connectivity index (χ3v) is 4.13. The minimum Gasteiger partial charge on any atom is -0.445 e. The van der Waals surface area contributed by atoms with Gasteiger partial charge < -0.3 is 14.4 Å². The first-order valence-corrected chi connectivity index (χ1v) is 7.43. The van der Waals surface area contributed by atoms with Gasteiger partial charge in [0.25, 0.3) is 0 Å². The number of benzene rings is 1. The van der Waals surface area contributed by atoms with Gasteiger partial charge in [-0.05, 0) is 31.2 Å². The van der Waals surface area contributed by atoms with Crippen molar-refractivity contribution in [3.63, 3.8) is 0 Å². The van der Waals surface area contributed by atoms with Gasteiger partial charge in [-0.25, -0.2) is 4.79 Å². The summed E-state index contributed by atoms with van der Waals surface area (Å²) in [6.45, 7) is 1.96. The molecule has 4 nitrogen and oxygen atoms in total. The smallest absolute Gasteiger partial charge is 0.410 e. The Morgan fingerprint density at radius 1 is 1.25 bits per heavy atom. The second-order valence-electron chi connectivity index (χ2n) is 5.49. The lowest BCUT2D eigenvalue weighted by molar-refractivity contribution is 0.0302. The van der Waals surface area contributed by atoms with Crippen molar-refractivity contribution < 1.29 is 14.3 Å². The van der Waals surface area contributed by atoms with Gasteiger partial charge in [0.15, 0.2) is 0 Å². The molecule has 3 rings (SSSR count). The van der Waals surface area contributed by atoms with Gasteiger partial charge in [0, 0.05) is 13.2 Å². The third kappa shape index (κ3) is 2.96. The van der Waals surface area contributed by atoms with Crippen LogP contribution in [0.1, 0.15) is 31.2 Å². The lowest BCUT2D eigenvalue weighted by atomic mass is 10.1. The van der Waals surface area contributed by atoms with E-state index in [0.717, 1.165) is 44.4 Å². The average molecular weight is 275 g/mol. The van der Waals surface area contributed by atoms with Crippen molar-refractivity contribution in [2.24, 2.45) is 0 Å². The predicted octanol–water partition coefficient (Wildman–Crippen LogP) is 2.97. The van der Waals surface area contributed by atoms with Crippen LogP contribution in [-0.4, -0.2) is 36.3 Å². The molecule has 1 amide bonds. The maximum absolute atomic E-state index is 12.2. The van der Waals surface area contributed by atoms with Crippen LogP contribution in [-0.2, 0) is 16.1 Å². The van der Waals surface area contributed by atoms with Crippen molar-refractivity contribution >= 4 is 6.09 Å². The van der Waals surface area contributed by atoms with Crippen LogP contribution in [0.15, 0.2) is 30.3 Å². The summed E-state index contributed by atoms with van der Waals surface area (Å²) in [5.41, 5.74) is 1.02. The lowest BCUT2D eigenvalue weighted by Gasteiger charge is -2.28. The fraction of sp³-hybridized carbons (Fsp3) is 0.562. The number of nitrogens with zero attached hydrogens (tertiary/aromatic N) is 1. The molecule has 4 heteroatoms. The van der Waals surface area contributed by atoms with Crippen LogP contribution in [0.2, 0.25) is 0 Å². The monoisotopic (exact) mass is 275 g/mol. The zero-order valence-corrected chi connectivity index (χ0v) is 11.7. The number of hydrogen-bond donors (Lipinski definition) is 0. The average Bonchev–Trinajstić information content (AvgIpc) is 3.15. The maximum Gasteiger partial charge on any atom is 0.410 e. The first-order chi connectivity index (χ1) is 9.84. The second kappa shape index (κ2) is 6.27. The molecule has 0 spiro atoms. The van der Waals surface area contributed by atoms with Gasteiger partial charge in [-0.3, -0.25) is 0 Å². The molecule has 108 valence electrons. The number of hydrogen-bond acceptors (Lipinski definition) is 3. The zero-order valence-electron chi connectivity index (χ0n) is 11.7. The van der Waals surface area contributed by atoms with E-state index in [1.54, 1.807) is 0 Å². The van der Waals surface area contributed by atoms with Crippen LogP contribution in [0.3, 0.4) is 0 Å². The van der Waals surface area contributed by atoms with Gasteiger partial charge in [-0.1, -0.05) is 30.3 Å². The molecule has 2 saturated heterocycles. The highest BCUT2D eigenvalue weighted by Gasteiger charge is 2.37. The Morgan fingerprint density at radius 2 is 2.10 bits per heavy atom. The second-order valence-corrected chi connectivity index (χ2v) is 5.49. The Balaban J connectivity index is 1.55. The molecular formula is C16H21NO3. The molecule has 0 unspecified atom stereocenters. The minimum atomic E-state index is -0.202. The van der Waals surface area contributed by atoms with Gasteiger partial charge in [0.1, 0.15) is 6.61 Å². The third-order valence-electron chi connectivity index (χ3n) is 4.13. The quantitative estimate of drug-likeness (QED) is 0.851. The van der Waals surface area contributed by atoms with Gasteiger partial charge in [0.05, 0.1) is 12.1 Å². The van der Waals surface area contributed by atoms with E-state index in [1.807, 2.05) is 35.2 Å². The van der Waals surface area contributed by atoms with E-state index in [9.17, 15) is 4.79 Å². The zero-order chi connectivity index (χ0) is 13.8. The fourth-order valence-electron chi connectivity index (χ4n) is 3.11. The van der Waals surface area contributed by atoms with E-state index in [2.05, 4.69) is 0 Å². The summed E-state index contributed by atoms with van der Waals surface area (Å²) in [5.74, 6) is 0. The Kier molecular flexibility index (Phi) is 4.21. The highest BCUT2D eigenvalue weighted by atomic mass is 16.6. The number of amides is 1. The van der Waals surface area contributed by atoms with Crippen LogP contribution in [0, 0.1) is 0 Å². The highest BCUT2D eigenvalue weighted by Crippen LogP contribution is 2.28. The maximum atomic E-state index is 12.2. The summed E-state index contributed by atoms with van der Waals surface area (Å²) in [6, 6.07) is 10.0. The predicted molar refractivity (Wildman–Crippen MR) is 75.3 cm³/mol. The van der Waals surface area contributed by atoms with E-state index >= 15 is 0 Å². The van der Waals surface area contributed by atoms with Gasteiger partial charge >= 0.3 is 6.09 Å². The van der Waals surface area contributed by atoms with Crippen molar-refractivity contribution in [2.75, 3.05) is 13.2 Å². The molecule has 2 aliphatic rings. The number of likely N-dealkylation sites (tertiary alicyclic amines) is 1. The molecule has 0 bridgehead atoms. The lowest BCUT2D eigenvalue weighted by Crippen LogP contribution is -2.42. The summed E-state index contributed by atoms with van der Waals surface area (Å²) in [5, 5.41) is 0. The molecular weight excluding hydrogens is 254 g/mol. The van der Waals surface area contributed by atoms with Crippen LogP contribution in [0.4, 0.5) is 4.79 Å². The molecule has 1 aromatic carbocycles. The van der Waals surface area contributed by atoms with Gasteiger partial charge in [-0.2, -0.15) is 0 Å². The van der Waals surface area contributed by atoms with Crippen LogP contribution < -0.4 is 0 Å². The molecule has 2 fully saturated rings. The van der Waals surface area contributed by atoms with Crippen LogP contribution >= 0.6 is 0 Å². The summed E-state index contributed by atoms with van der Waals surface area (Å²) < 4.78 is 11.2. The number of carbonyl (C=O) groups excluding carboxylic acids is 1. The molecule has 0 aromatic heterocycles. The first-order valence-electron chi connectivity index (χ1n) is 7.43. The highest BCUT2D eigenvalue weighted by molar-refractivity contribution is 5.68. The number of rotatable bonds is 3. The van der Waals surface area contributed by atoms with Crippen molar-refractivity contribution in [3.8, 4) is 0 Å². The van der Waals surface area contributed by atoms with Gasteiger partial charge in [0.2, 0.25) is 0 Å². The topological polar surface area (TPSA) is 38.8 Å². The molecule has 0 saturated carbocycles. The first kappa shape index (κ1) is 13.4. The minimum absolute atomic E-state index is 0.202. The van der Waals surface area contributed by atoms with E-state index in [4.69, 9.17) is 9.47 Å². The van der Waals surface area contributed by atoms with E-state index < -0.39 is 0 Å². The van der Waals surface area contributed by atoms with Crippen molar-refractivity contribution in [3.05, 3.63) is 35.9 Å². The van der Waals surface area contributed by atoms with Crippen molar-refractivity contribution in [1.82, 2.24) is 4.90 Å². The van der Waals surface area contributed by atoms with E-state index in [1.165, 1.54) is 0 Å². The molecule has 2 atom stereocenters. The van der Waals surface area contributed by atoms with Crippen LogP contribution in [0.5, 0.6) is 0 Å². The van der Waals surface area contributed by atoms with Crippen molar-refractivity contribution in [2.45, 2.75) is 44.4 Å². The van der Waals surface area contributed by atoms with E-state index in [-0.39, 0.29) is 18.2 Å². The summed E-state index contributed by atoms with van der Waals surface area (Å²) >= 11 is 0. The summed E-state index contributed by atoms with van der Waals surface area (Å²) in [4.78, 5) is 14.1. The molecule has 0 aliphatic carbocycles. The number of ether oxygens (including phenoxy) is 2. The number of carbonyl (C=O) groups is 1. The molecule has 0 N–H and O–H groups in total. The largest absolute Gasteiger partial charge is 0.445 e. The molecule has 2 aliphatic heterocycles. The summed E-state index contributed by atoms with van der Waals surface area (Å²) in [7, 11) is 0.